The van der Waals surface area contributed by atoms with Crippen molar-refractivity contribution in [2.24, 2.45) is 5.92 Å². The minimum Gasteiger partial charge on any atom is -0.244 e. The van der Waals surface area contributed by atoms with Crippen LogP contribution in [-0.2, 0) is 0 Å². The van der Waals surface area contributed by atoms with E-state index in [4.69, 9.17) is 11.6 Å². The molecule has 0 aliphatic heterocycles. The van der Waals surface area contributed by atoms with Gasteiger partial charge >= 0.3 is 0 Å². The lowest BCUT2D eigenvalue weighted by Crippen LogP contribution is -2.03. The van der Waals surface area contributed by atoms with Crippen molar-refractivity contribution in [2.45, 2.75) is 38.0 Å². The van der Waals surface area contributed by atoms with Gasteiger partial charge in [-0.15, -0.1) is 0 Å². The van der Waals surface area contributed by atoms with E-state index >= 15 is 0 Å². The summed E-state index contributed by atoms with van der Waals surface area (Å²) in [5.41, 5.74) is 0.999. The number of hydrogen-bond donors (Lipinski definition) is 0. The SMILES string of the molecule is N#CC(CC1CCCC1)c1ccc(Cl)nc1. The van der Waals surface area contributed by atoms with E-state index in [0.717, 1.165) is 17.9 Å². The number of halogens is 1. The van der Waals surface area contributed by atoms with Crippen LogP contribution in [0.15, 0.2) is 18.3 Å². The van der Waals surface area contributed by atoms with Crippen molar-refractivity contribution in [3.63, 3.8) is 0 Å². The molecular weight excluding hydrogens is 220 g/mol. The maximum atomic E-state index is 9.20. The molecule has 1 heterocycles. The zero-order chi connectivity index (χ0) is 11.4. The first-order valence-corrected chi connectivity index (χ1v) is 6.18. The molecule has 1 aromatic rings. The molecule has 0 spiro atoms. The molecule has 1 fully saturated rings. The Labute approximate surface area is 101 Å². The second-order valence-electron chi connectivity index (χ2n) is 4.48. The van der Waals surface area contributed by atoms with Crippen molar-refractivity contribution in [3.8, 4) is 6.07 Å². The molecule has 1 unspecified atom stereocenters. The molecule has 16 heavy (non-hydrogen) atoms. The van der Waals surface area contributed by atoms with Crippen LogP contribution in [0.25, 0.3) is 0 Å². The van der Waals surface area contributed by atoms with E-state index in [1.807, 2.05) is 6.07 Å². The quantitative estimate of drug-likeness (QED) is 0.744. The van der Waals surface area contributed by atoms with Crippen molar-refractivity contribution < 1.29 is 0 Å². The second kappa shape index (κ2) is 5.32. The van der Waals surface area contributed by atoms with Gasteiger partial charge in [-0.3, -0.25) is 0 Å². The molecule has 84 valence electrons. The number of rotatable bonds is 3. The van der Waals surface area contributed by atoms with Crippen LogP contribution < -0.4 is 0 Å². The summed E-state index contributed by atoms with van der Waals surface area (Å²) < 4.78 is 0. The molecule has 0 radical (unpaired) electrons. The Hall–Kier alpha value is -1.07. The molecular formula is C13H15ClN2. The van der Waals surface area contributed by atoms with Gasteiger partial charge in [0, 0.05) is 6.20 Å². The van der Waals surface area contributed by atoms with Gasteiger partial charge in [0.15, 0.2) is 0 Å². The average Bonchev–Trinajstić information content (AvgIpc) is 2.80. The second-order valence-corrected chi connectivity index (χ2v) is 4.87. The molecule has 0 amide bonds. The monoisotopic (exact) mass is 234 g/mol. The fraction of sp³-hybridized carbons (Fsp3) is 0.538. The summed E-state index contributed by atoms with van der Waals surface area (Å²) in [6.07, 6.45) is 7.90. The molecule has 0 N–H and O–H groups in total. The summed E-state index contributed by atoms with van der Waals surface area (Å²) in [5, 5.41) is 9.69. The molecule has 1 aliphatic rings. The van der Waals surface area contributed by atoms with Crippen molar-refractivity contribution in [1.82, 2.24) is 4.98 Å². The first-order valence-electron chi connectivity index (χ1n) is 5.80. The van der Waals surface area contributed by atoms with E-state index in [0.29, 0.717) is 5.15 Å². The summed E-state index contributed by atoms with van der Waals surface area (Å²) >= 11 is 5.74. The van der Waals surface area contributed by atoms with E-state index in [9.17, 15) is 5.26 Å². The third-order valence-corrected chi connectivity index (χ3v) is 3.58. The fourth-order valence-electron chi connectivity index (χ4n) is 2.44. The Balaban J connectivity index is 2.04. The number of hydrogen-bond acceptors (Lipinski definition) is 2. The highest BCUT2D eigenvalue weighted by molar-refractivity contribution is 6.29. The zero-order valence-electron chi connectivity index (χ0n) is 9.19. The number of nitrogens with zero attached hydrogens (tertiary/aromatic N) is 2. The lowest BCUT2D eigenvalue weighted by atomic mass is 9.90. The van der Waals surface area contributed by atoms with Gasteiger partial charge in [0.25, 0.3) is 0 Å². The van der Waals surface area contributed by atoms with Crippen molar-refractivity contribution >= 4 is 11.6 Å². The normalized spacial score (nSPS) is 18.2. The molecule has 2 nitrogen and oxygen atoms in total. The van der Waals surface area contributed by atoms with Gasteiger partial charge in [-0.2, -0.15) is 5.26 Å². The predicted molar refractivity (Wildman–Crippen MR) is 64.2 cm³/mol. The number of pyridine rings is 1. The lowest BCUT2D eigenvalue weighted by Gasteiger charge is -2.13. The number of aromatic nitrogens is 1. The van der Waals surface area contributed by atoms with E-state index in [1.54, 1.807) is 12.3 Å². The summed E-state index contributed by atoms with van der Waals surface area (Å²) in [6.45, 7) is 0. The van der Waals surface area contributed by atoms with E-state index < -0.39 is 0 Å². The third-order valence-electron chi connectivity index (χ3n) is 3.35. The summed E-state index contributed by atoms with van der Waals surface area (Å²) in [6, 6.07) is 6.06. The van der Waals surface area contributed by atoms with Crippen LogP contribution in [0.1, 0.15) is 43.6 Å². The van der Waals surface area contributed by atoms with Gasteiger partial charge in [0.2, 0.25) is 0 Å². The highest BCUT2D eigenvalue weighted by Crippen LogP contribution is 2.33. The van der Waals surface area contributed by atoms with Crippen LogP contribution in [0.4, 0.5) is 0 Å². The van der Waals surface area contributed by atoms with Crippen molar-refractivity contribution in [3.05, 3.63) is 29.0 Å². The Morgan fingerprint density at radius 1 is 1.44 bits per heavy atom. The van der Waals surface area contributed by atoms with Gasteiger partial charge in [0.05, 0.1) is 12.0 Å². The van der Waals surface area contributed by atoms with Gasteiger partial charge in [-0.25, -0.2) is 4.98 Å². The molecule has 1 aliphatic carbocycles. The highest BCUT2D eigenvalue weighted by atomic mass is 35.5. The molecule has 2 rings (SSSR count). The van der Waals surface area contributed by atoms with Gasteiger partial charge in [-0.1, -0.05) is 43.4 Å². The molecule has 1 aromatic heterocycles. The van der Waals surface area contributed by atoms with Crippen LogP contribution in [0.5, 0.6) is 0 Å². The molecule has 0 aromatic carbocycles. The third kappa shape index (κ3) is 2.74. The van der Waals surface area contributed by atoms with Gasteiger partial charge < -0.3 is 0 Å². The Morgan fingerprint density at radius 3 is 2.75 bits per heavy atom. The first kappa shape index (κ1) is 11.4. The molecule has 3 heteroatoms. The lowest BCUT2D eigenvalue weighted by molar-refractivity contribution is 0.482. The maximum absolute atomic E-state index is 9.20. The van der Waals surface area contributed by atoms with Gasteiger partial charge in [-0.05, 0) is 24.0 Å². The standard InChI is InChI=1S/C13H15ClN2/c14-13-6-5-11(9-16-13)12(8-15)7-10-3-1-2-4-10/h5-6,9-10,12H,1-4,7H2. The van der Waals surface area contributed by atoms with Crippen LogP contribution in [0.2, 0.25) is 5.15 Å². The summed E-state index contributed by atoms with van der Waals surface area (Å²) in [5.74, 6) is 0.702. The van der Waals surface area contributed by atoms with E-state index in [1.165, 1.54) is 25.7 Å². The first-order chi connectivity index (χ1) is 7.79. The van der Waals surface area contributed by atoms with Crippen molar-refractivity contribution in [2.75, 3.05) is 0 Å². The van der Waals surface area contributed by atoms with E-state index in [-0.39, 0.29) is 5.92 Å². The number of nitriles is 1. The fourth-order valence-corrected chi connectivity index (χ4v) is 2.55. The Morgan fingerprint density at radius 2 is 2.19 bits per heavy atom. The largest absolute Gasteiger partial charge is 0.244 e. The van der Waals surface area contributed by atoms with Gasteiger partial charge in [0.1, 0.15) is 5.15 Å². The van der Waals surface area contributed by atoms with Crippen molar-refractivity contribution in [1.29, 1.82) is 5.26 Å². The molecule has 1 atom stereocenters. The van der Waals surface area contributed by atoms with Crippen LogP contribution >= 0.6 is 11.6 Å². The minimum atomic E-state index is -0.0205. The molecule has 1 saturated carbocycles. The van der Waals surface area contributed by atoms with Crippen LogP contribution in [-0.4, -0.2) is 4.98 Å². The van der Waals surface area contributed by atoms with E-state index in [2.05, 4.69) is 11.1 Å². The maximum Gasteiger partial charge on any atom is 0.129 e. The molecule has 0 saturated heterocycles. The Kier molecular flexibility index (Phi) is 3.79. The Bertz CT molecular complexity index is 374. The topological polar surface area (TPSA) is 36.7 Å². The van der Waals surface area contributed by atoms with Crippen LogP contribution in [0, 0.1) is 17.2 Å². The summed E-state index contributed by atoms with van der Waals surface area (Å²) in [7, 11) is 0. The van der Waals surface area contributed by atoms with Crippen LogP contribution in [0.3, 0.4) is 0 Å². The minimum absolute atomic E-state index is 0.0205. The smallest absolute Gasteiger partial charge is 0.129 e. The predicted octanol–water partition coefficient (Wildman–Crippen LogP) is 3.92. The average molecular weight is 235 g/mol. The summed E-state index contributed by atoms with van der Waals surface area (Å²) in [4.78, 5) is 4.04. The highest BCUT2D eigenvalue weighted by Gasteiger charge is 2.21. The molecule has 0 bridgehead atoms. The zero-order valence-corrected chi connectivity index (χ0v) is 9.95.